The average molecular weight is 489 g/mol. The molecule has 180 valence electrons. The second-order valence-electron chi connectivity index (χ2n) is 8.44. The van der Waals surface area contributed by atoms with E-state index in [1.165, 1.54) is 6.33 Å². The van der Waals surface area contributed by atoms with Crippen LogP contribution in [0, 0.1) is 0 Å². The van der Waals surface area contributed by atoms with Gasteiger partial charge in [-0.25, -0.2) is 4.98 Å². The average Bonchev–Trinajstić information content (AvgIpc) is 3.46. The highest BCUT2D eigenvalue weighted by atomic mass is 32.2. The van der Waals surface area contributed by atoms with E-state index in [4.69, 9.17) is 15.2 Å². The van der Waals surface area contributed by atoms with Crippen LogP contribution in [0.5, 0.6) is 0 Å². The predicted molar refractivity (Wildman–Crippen MR) is 135 cm³/mol. The van der Waals surface area contributed by atoms with Gasteiger partial charge in [-0.2, -0.15) is 5.10 Å². The second kappa shape index (κ2) is 11.2. The summed E-state index contributed by atoms with van der Waals surface area (Å²) in [6.45, 7) is 0.516. The van der Waals surface area contributed by atoms with E-state index in [0.717, 1.165) is 50.7 Å². The van der Waals surface area contributed by atoms with Gasteiger partial charge < -0.3 is 20.3 Å². The number of nitrogens with zero attached hydrogens (tertiary/aromatic N) is 2. The normalized spacial score (nSPS) is 20.1. The number of hydrogen-bond acceptors (Lipinski definition) is 7. The number of hydrogen-bond donors (Lipinski definition) is 3. The van der Waals surface area contributed by atoms with Crippen molar-refractivity contribution in [3.05, 3.63) is 101 Å². The summed E-state index contributed by atoms with van der Waals surface area (Å²) >= 11 is 1.58. The van der Waals surface area contributed by atoms with Crippen LogP contribution in [0.2, 0.25) is 0 Å². The van der Waals surface area contributed by atoms with Crippen LogP contribution in [0.3, 0.4) is 0 Å². The number of aliphatic hydroxyl groups excluding tert-OH is 1. The second-order valence-corrected chi connectivity index (χ2v) is 9.44. The molecule has 0 bridgehead atoms. The molecule has 0 amide bonds. The maximum Gasteiger partial charge on any atom is 0.184 e. The molecular weight excluding hydrogens is 460 g/mol. The highest BCUT2D eigenvalue weighted by Gasteiger charge is 2.32. The van der Waals surface area contributed by atoms with Crippen molar-refractivity contribution in [2.45, 2.75) is 43.2 Å². The van der Waals surface area contributed by atoms with Gasteiger partial charge >= 0.3 is 0 Å². The minimum atomic E-state index is -0.495. The highest BCUT2D eigenvalue weighted by Crippen LogP contribution is 2.39. The number of aromatic nitrogens is 3. The van der Waals surface area contributed by atoms with Gasteiger partial charge in [0.05, 0.1) is 18.8 Å². The van der Waals surface area contributed by atoms with Crippen LogP contribution in [0.25, 0.3) is 11.1 Å². The number of aliphatic hydroxyl groups is 1. The molecule has 0 aliphatic carbocycles. The van der Waals surface area contributed by atoms with Crippen LogP contribution in [0.1, 0.15) is 41.1 Å². The van der Waals surface area contributed by atoms with E-state index in [0.29, 0.717) is 6.54 Å². The van der Waals surface area contributed by atoms with Gasteiger partial charge in [0.25, 0.3) is 0 Å². The number of ether oxygens (including phenoxy) is 2. The van der Waals surface area contributed by atoms with Crippen LogP contribution in [0.15, 0.2) is 84.3 Å². The van der Waals surface area contributed by atoms with Gasteiger partial charge in [0.2, 0.25) is 0 Å². The van der Waals surface area contributed by atoms with Gasteiger partial charge in [-0.05, 0) is 27.8 Å². The molecule has 0 radical (unpaired) electrons. The lowest BCUT2D eigenvalue weighted by Crippen LogP contribution is -2.31. The quantitative estimate of drug-likeness (QED) is 0.307. The summed E-state index contributed by atoms with van der Waals surface area (Å²) in [6, 6.07) is 24.4. The number of nitrogens with two attached hydrogens (primary N) is 1. The Morgan fingerprint density at radius 2 is 1.74 bits per heavy atom. The third kappa shape index (κ3) is 5.63. The van der Waals surface area contributed by atoms with Crippen molar-refractivity contribution in [1.82, 2.24) is 15.2 Å². The predicted octanol–water partition coefficient (Wildman–Crippen LogP) is 4.76. The fraction of sp³-hybridized carbons (Fsp3) is 0.259. The number of benzene rings is 3. The van der Waals surface area contributed by atoms with E-state index < -0.39 is 6.29 Å². The standard InChI is InChI=1S/C27H28N4O3S/c28-14-22-3-1-2-4-24(22)19-9-11-21(12-10-19)26-33-23(16-35-27-29-17-30-31-27)13-25(34-26)20-7-5-18(15-32)6-8-20/h1-12,17,23,25-26,32H,13-16,28H2,(H,29,30,31). The fourth-order valence-corrected chi connectivity index (χ4v) is 5.06. The van der Waals surface area contributed by atoms with Crippen LogP contribution >= 0.6 is 11.8 Å². The smallest absolute Gasteiger partial charge is 0.184 e. The lowest BCUT2D eigenvalue weighted by Gasteiger charge is -2.36. The first kappa shape index (κ1) is 23.7. The fourth-order valence-electron chi connectivity index (χ4n) is 4.26. The van der Waals surface area contributed by atoms with Crippen molar-refractivity contribution in [2.24, 2.45) is 5.73 Å². The van der Waals surface area contributed by atoms with Gasteiger partial charge in [-0.1, -0.05) is 84.6 Å². The first-order valence-electron chi connectivity index (χ1n) is 11.6. The van der Waals surface area contributed by atoms with Crippen molar-refractivity contribution in [3.8, 4) is 11.1 Å². The molecule has 1 fully saturated rings. The maximum atomic E-state index is 9.39. The molecule has 1 saturated heterocycles. The molecule has 8 heteroatoms. The van der Waals surface area contributed by atoms with E-state index in [9.17, 15) is 5.11 Å². The number of rotatable bonds is 8. The van der Waals surface area contributed by atoms with Crippen molar-refractivity contribution in [3.63, 3.8) is 0 Å². The van der Waals surface area contributed by atoms with E-state index in [2.05, 4.69) is 51.6 Å². The Kier molecular flexibility index (Phi) is 7.56. The van der Waals surface area contributed by atoms with Gasteiger partial charge in [0.15, 0.2) is 11.4 Å². The molecule has 35 heavy (non-hydrogen) atoms. The molecule has 4 aromatic rings. The number of nitrogens with one attached hydrogen (secondary N) is 1. The molecule has 1 aliphatic heterocycles. The summed E-state index contributed by atoms with van der Waals surface area (Å²) in [5.74, 6) is 0.724. The number of aromatic amines is 1. The largest absolute Gasteiger partial charge is 0.392 e. The molecule has 1 aliphatic rings. The third-order valence-corrected chi connectivity index (χ3v) is 7.15. The van der Waals surface area contributed by atoms with Gasteiger partial charge in [0, 0.05) is 24.3 Å². The zero-order valence-corrected chi connectivity index (χ0v) is 20.0. The van der Waals surface area contributed by atoms with Crippen molar-refractivity contribution in [1.29, 1.82) is 0 Å². The van der Waals surface area contributed by atoms with E-state index in [1.54, 1.807) is 11.8 Å². The first-order chi connectivity index (χ1) is 17.2. The Hall–Kier alpha value is -3.01. The first-order valence-corrected chi connectivity index (χ1v) is 12.6. The van der Waals surface area contributed by atoms with Crippen molar-refractivity contribution < 1.29 is 14.6 Å². The summed E-state index contributed by atoms with van der Waals surface area (Å²) in [6.07, 6.45) is 1.57. The zero-order chi connectivity index (χ0) is 24.0. The zero-order valence-electron chi connectivity index (χ0n) is 19.2. The van der Waals surface area contributed by atoms with Crippen molar-refractivity contribution >= 4 is 11.8 Å². The highest BCUT2D eigenvalue weighted by molar-refractivity contribution is 7.99. The van der Waals surface area contributed by atoms with Crippen LogP contribution < -0.4 is 5.73 Å². The van der Waals surface area contributed by atoms with E-state index >= 15 is 0 Å². The minimum absolute atomic E-state index is 0.0214. The molecule has 0 spiro atoms. The van der Waals surface area contributed by atoms with E-state index in [-0.39, 0.29) is 18.8 Å². The van der Waals surface area contributed by atoms with Crippen LogP contribution in [-0.4, -0.2) is 32.1 Å². The van der Waals surface area contributed by atoms with E-state index in [1.807, 2.05) is 36.4 Å². The summed E-state index contributed by atoms with van der Waals surface area (Å²) in [5, 5.41) is 17.0. The number of H-pyrrole nitrogens is 1. The minimum Gasteiger partial charge on any atom is -0.392 e. The molecule has 7 nitrogen and oxygen atoms in total. The van der Waals surface area contributed by atoms with Crippen LogP contribution in [0.4, 0.5) is 0 Å². The molecule has 3 atom stereocenters. The Morgan fingerprint density at radius 1 is 0.971 bits per heavy atom. The van der Waals surface area contributed by atoms with Gasteiger partial charge in [0.1, 0.15) is 6.33 Å². The lowest BCUT2D eigenvalue weighted by molar-refractivity contribution is -0.245. The topological polar surface area (TPSA) is 106 Å². The molecule has 4 N–H and O–H groups in total. The summed E-state index contributed by atoms with van der Waals surface area (Å²) < 4.78 is 12.8. The molecular formula is C27H28N4O3S. The molecule has 5 rings (SSSR count). The number of thioether (sulfide) groups is 1. The molecule has 1 aromatic heterocycles. The Labute approximate surface area is 208 Å². The molecule has 2 heterocycles. The molecule has 3 unspecified atom stereocenters. The van der Waals surface area contributed by atoms with Gasteiger partial charge in [-0.3, -0.25) is 5.10 Å². The van der Waals surface area contributed by atoms with Crippen molar-refractivity contribution in [2.75, 3.05) is 5.75 Å². The molecule has 0 saturated carbocycles. The Balaban J connectivity index is 1.37. The third-order valence-electron chi connectivity index (χ3n) is 6.14. The Morgan fingerprint density at radius 3 is 2.46 bits per heavy atom. The van der Waals surface area contributed by atoms with Gasteiger partial charge in [-0.15, -0.1) is 0 Å². The SMILES string of the molecule is NCc1ccccc1-c1ccc(C2OC(CSc3ncn[nH]3)CC(c3ccc(CO)cc3)O2)cc1. The summed E-state index contributed by atoms with van der Waals surface area (Å²) in [4.78, 5) is 4.20. The molecule has 3 aromatic carbocycles. The maximum absolute atomic E-state index is 9.39. The summed E-state index contributed by atoms with van der Waals surface area (Å²) in [5.41, 5.74) is 12.2. The monoisotopic (exact) mass is 488 g/mol. The Bertz CT molecular complexity index is 1220. The lowest BCUT2D eigenvalue weighted by atomic mass is 9.98. The summed E-state index contributed by atoms with van der Waals surface area (Å²) in [7, 11) is 0. The van der Waals surface area contributed by atoms with Crippen LogP contribution in [-0.2, 0) is 22.6 Å².